The molecular weight excluding hydrogens is 335 g/mol. The molecule has 4 rings (SSSR count). The predicted molar refractivity (Wildman–Crippen MR) is 96.1 cm³/mol. The van der Waals surface area contributed by atoms with Crippen LogP contribution in [-0.2, 0) is 0 Å². The van der Waals surface area contributed by atoms with E-state index in [1.807, 2.05) is 19.1 Å². The summed E-state index contributed by atoms with van der Waals surface area (Å²) in [5.74, 6) is 0.256. The molecule has 2 aliphatic heterocycles. The van der Waals surface area contributed by atoms with Crippen molar-refractivity contribution in [3.8, 4) is 0 Å². The van der Waals surface area contributed by atoms with E-state index in [4.69, 9.17) is 0 Å². The molecule has 1 unspecified atom stereocenters. The highest BCUT2D eigenvalue weighted by molar-refractivity contribution is 5.94. The van der Waals surface area contributed by atoms with Crippen LogP contribution >= 0.6 is 0 Å². The van der Waals surface area contributed by atoms with E-state index >= 15 is 0 Å². The summed E-state index contributed by atoms with van der Waals surface area (Å²) in [5, 5.41) is 12.8. The normalized spacial score (nSPS) is 19.3. The molecular formula is C18H17FN6O. The average molecular weight is 352 g/mol. The fourth-order valence-electron chi connectivity index (χ4n) is 2.88. The molecule has 7 nitrogen and oxygen atoms in total. The van der Waals surface area contributed by atoms with Crippen LogP contribution in [0.4, 0.5) is 4.39 Å². The van der Waals surface area contributed by atoms with E-state index in [1.54, 1.807) is 35.6 Å². The standard InChI is InChI=1S/C18H17FN6O/c1-11(14-5-4-12(19)9-21-14)23-16-6-7-17-22-10-15(25(17)24-16)13-3-2-8-20-18(13)26/h2-11,17,22H,1H3,(H,20,26)(H,23,24)/t11-,17?/m0/s1. The molecule has 2 atom stereocenters. The van der Waals surface area contributed by atoms with Crippen LogP contribution < -0.4 is 16.2 Å². The van der Waals surface area contributed by atoms with Crippen LogP contribution in [0.1, 0.15) is 24.2 Å². The van der Waals surface area contributed by atoms with E-state index in [1.165, 1.54) is 12.3 Å². The van der Waals surface area contributed by atoms with E-state index in [9.17, 15) is 9.18 Å². The first kappa shape index (κ1) is 16.1. The lowest BCUT2D eigenvalue weighted by Crippen LogP contribution is -2.38. The summed E-state index contributed by atoms with van der Waals surface area (Å²) in [4.78, 5) is 18.8. The van der Waals surface area contributed by atoms with Crippen molar-refractivity contribution >= 4 is 11.5 Å². The van der Waals surface area contributed by atoms with Crippen LogP contribution in [0, 0.1) is 5.82 Å². The SMILES string of the molecule is C[C@H](NC1=NN2C(c3ccc[nH]c3=O)=CNC2C=C1)c1ccc(F)cn1. The smallest absolute Gasteiger partial charge is 0.257 e. The molecule has 0 spiro atoms. The maximum atomic E-state index is 13.0. The summed E-state index contributed by atoms with van der Waals surface area (Å²) >= 11 is 0. The van der Waals surface area contributed by atoms with Gasteiger partial charge < -0.3 is 15.6 Å². The molecule has 0 aromatic carbocycles. The number of pyridine rings is 2. The Morgan fingerprint density at radius 2 is 2.23 bits per heavy atom. The minimum Gasteiger partial charge on any atom is -0.365 e. The topological polar surface area (TPSA) is 85.4 Å². The molecule has 0 saturated carbocycles. The molecule has 26 heavy (non-hydrogen) atoms. The van der Waals surface area contributed by atoms with Gasteiger partial charge in [0, 0.05) is 12.4 Å². The second kappa shape index (κ2) is 6.47. The van der Waals surface area contributed by atoms with Gasteiger partial charge in [0.1, 0.15) is 17.8 Å². The van der Waals surface area contributed by atoms with Crippen molar-refractivity contribution in [3.05, 3.63) is 82.4 Å². The lowest BCUT2D eigenvalue weighted by atomic mass is 10.2. The van der Waals surface area contributed by atoms with Crippen molar-refractivity contribution in [1.82, 2.24) is 25.6 Å². The Kier molecular flexibility index (Phi) is 4.00. The highest BCUT2D eigenvalue weighted by Crippen LogP contribution is 2.25. The van der Waals surface area contributed by atoms with Gasteiger partial charge in [0.25, 0.3) is 5.56 Å². The fraction of sp³-hybridized carbons (Fsp3) is 0.167. The molecule has 2 aliphatic rings. The molecule has 2 aromatic heterocycles. The molecule has 8 heteroatoms. The van der Waals surface area contributed by atoms with E-state index in [0.717, 1.165) is 0 Å². The average Bonchev–Trinajstić information content (AvgIpc) is 3.06. The summed E-state index contributed by atoms with van der Waals surface area (Å²) in [7, 11) is 0. The first-order chi connectivity index (χ1) is 12.6. The van der Waals surface area contributed by atoms with Crippen LogP contribution in [0.5, 0.6) is 0 Å². The van der Waals surface area contributed by atoms with Gasteiger partial charge >= 0.3 is 0 Å². The number of hydrazone groups is 1. The van der Waals surface area contributed by atoms with Gasteiger partial charge in [-0.3, -0.25) is 9.78 Å². The largest absolute Gasteiger partial charge is 0.365 e. The minimum absolute atomic E-state index is 0.144. The van der Waals surface area contributed by atoms with Crippen molar-refractivity contribution in [1.29, 1.82) is 0 Å². The van der Waals surface area contributed by atoms with E-state index in [-0.39, 0.29) is 23.6 Å². The van der Waals surface area contributed by atoms with Gasteiger partial charge in [0.05, 0.1) is 29.2 Å². The zero-order valence-electron chi connectivity index (χ0n) is 14.0. The van der Waals surface area contributed by atoms with Crippen molar-refractivity contribution in [2.24, 2.45) is 5.10 Å². The number of halogens is 1. The number of rotatable bonds is 3. The predicted octanol–water partition coefficient (Wildman–Crippen LogP) is 1.67. The lowest BCUT2D eigenvalue weighted by molar-refractivity contribution is 0.351. The highest BCUT2D eigenvalue weighted by Gasteiger charge is 2.29. The first-order valence-electron chi connectivity index (χ1n) is 8.20. The summed E-state index contributed by atoms with van der Waals surface area (Å²) in [6, 6.07) is 6.38. The number of nitrogens with one attached hydrogen (secondary N) is 3. The van der Waals surface area contributed by atoms with E-state index in [0.29, 0.717) is 22.8 Å². The zero-order chi connectivity index (χ0) is 18.1. The van der Waals surface area contributed by atoms with Gasteiger partial charge in [-0.05, 0) is 43.3 Å². The van der Waals surface area contributed by atoms with Gasteiger partial charge in [-0.15, -0.1) is 0 Å². The number of fused-ring (bicyclic) bond motifs is 1. The third kappa shape index (κ3) is 2.97. The monoisotopic (exact) mass is 352 g/mol. The van der Waals surface area contributed by atoms with E-state index < -0.39 is 0 Å². The van der Waals surface area contributed by atoms with Crippen LogP contribution in [-0.4, -0.2) is 27.0 Å². The number of aromatic nitrogens is 2. The quantitative estimate of drug-likeness (QED) is 0.782. The summed E-state index contributed by atoms with van der Waals surface area (Å²) in [5.41, 5.74) is 1.76. The number of hydrogen-bond donors (Lipinski definition) is 3. The van der Waals surface area contributed by atoms with Crippen molar-refractivity contribution < 1.29 is 4.39 Å². The third-order valence-electron chi connectivity index (χ3n) is 4.21. The number of hydrogen-bond acceptors (Lipinski definition) is 6. The maximum absolute atomic E-state index is 13.0. The maximum Gasteiger partial charge on any atom is 0.257 e. The highest BCUT2D eigenvalue weighted by atomic mass is 19.1. The Bertz CT molecular complexity index is 962. The van der Waals surface area contributed by atoms with E-state index in [2.05, 4.69) is 25.7 Å². The van der Waals surface area contributed by atoms with Gasteiger partial charge in [0.2, 0.25) is 0 Å². The minimum atomic E-state index is -0.371. The first-order valence-corrected chi connectivity index (χ1v) is 8.20. The molecule has 0 bridgehead atoms. The number of nitrogens with zero attached hydrogens (tertiary/aromatic N) is 3. The molecule has 0 fully saturated rings. The molecule has 0 amide bonds. The second-order valence-electron chi connectivity index (χ2n) is 6.01. The zero-order valence-corrected chi connectivity index (χ0v) is 14.0. The van der Waals surface area contributed by atoms with Crippen LogP contribution in [0.3, 0.4) is 0 Å². The lowest BCUT2D eigenvalue weighted by Gasteiger charge is -2.27. The Balaban J connectivity index is 1.56. The van der Waals surface area contributed by atoms with Crippen LogP contribution in [0.2, 0.25) is 0 Å². The second-order valence-corrected chi connectivity index (χ2v) is 6.01. The van der Waals surface area contributed by atoms with Crippen molar-refractivity contribution in [2.45, 2.75) is 19.1 Å². The molecule has 0 saturated heterocycles. The van der Waals surface area contributed by atoms with Gasteiger partial charge in [-0.25, -0.2) is 9.40 Å². The molecule has 0 aliphatic carbocycles. The van der Waals surface area contributed by atoms with Gasteiger partial charge in [-0.1, -0.05) is 0 Å². The molecule has 3 N–H and O–H groups in total. The fourth-order valence-corrected chi connectivity index (χ4v) is 2.88. The van der Waals surface area contributed by atoms with Gasteiger partial charge in [-0.2, -0.15) is 5.10 Å². The van der Waals surface area contributed by atoms with Gasteiger partial charge in [0.15, 0.2) is 0 Å². The summed E-state index contributed by atoms with van der Waals surface area (Å²) in [6.07, 6.45) is 8.22. The van der Waals surface area contributed by atoms with Crippen molar-refractivity contribution in [3.63, 3.8) is 0 Å². The molecule has 4 heterocycles. The molecule has 0 radical (unpaired) electrons. The Morgan fingerprint density at radius 3 is 3.00 bits per heavy atom. The third-order valence-corrected chi connectivity index (χ3v) is 4.21. The van der Waals surface area contributed by atoms with Crippen LogP contribution in [0.15, 0.2) is 64.9 Å². The summed E-state index contributed by atoms with van der Waals surface area (Å²) in [6.45, 7) is 1.92. The Hall–Kier alpha value is -3.42. The Morgan fingerprint density at radius 1 is 1.35 bits per heavy atom. The number of amidine groups is 1. The summed E-state index contributed by atoms with van der Waals surface area (Å²) < 4.78 is 13.0. The molecule has 132 valence electrons. The number of H-pyrrole nitrogens is 1. The van der Waals surface area contributed by atoms with Crippen LogP contribution in [0.25, 0.3) is 5.70 Å². The number of aromatic amines is 1. The Labute approximate surface area is 149 Å². The van der Waals surface area contributed by atoms with Crippen molar-refractivity contribution in [2.75, 3.05) is 0 Å². The molecule has 2 aromatic rings.